The van der Waals surface area contributed by atoms with E-state index < -0.39 is 0 Å². The number of thiocarbonyl (C=S) groups is 2. The van der Waals surface area contributed by atoms with Crippen molar-refractivity contribution >= 4 is 34.2 Å². The second-order valence-corrected chi connectivity index (χ2v) is 5.18. The zero-order chi connectivity index (χ0) is 12.1. The summed E-state index contributed by atoms with van der Waals surface area (Å²) in [5, 5.41) is 0. The van der Waals surface area contributed by atoms with Crippen LogP contribution >= 0.6 is 24.4 Å². The van der Waals surface area contributed by atoms with Gasteiger partial charge in [-0.15, -0.1) is 0 Å². The fraction of sp³-hybridized carbons (Fsp3) is 0.267. The summed E-state index contributed by atoms with van der Waals surface area (Å²) in [6.07, 6.45) is 18.6. The van der Waals surface area contributed by atoms with E-state index in [0.717, 1.165) is 35.4 Å². The van der Waals surface area contributed by atoms with Gasteiger partial charge in [0.2, 0.25) is 0 Å². The van der Waals surface area contributed by atoms with Gasteiger partial charge in [-0.05, 0) is 30.4 Å². The summed E-state index contributed by atoms with van der Waals surface area (Å²) in [5.41, 5.74) is 2.56. The van der Waals surface area contributed by atoms with Gasteiger partial charge in [-0.25, -0.2) is 0 Å². The fourth-order valence-electron chi connectivity index (χ4n) is 1.91. The van der Waals surface area contributed by atoms with Crippen molar-refractivity contribution in [3.8, 4) is 0 Å². The molecule has 0 aromatic rings. The Morgan fingerprint density at radius 3 is 1.76 bits per heavy atom. The fourth-order valence-corrected chi connectivity index (χ4v) is 2.41. The van der Waals surface area contributed by atoms with Gasteiger partial charge in [0.15, 0.2) is 0 Å². The molecule has 1 radical (unpaired) electrons. The molecule has 0 fully saturated rings. The van der Waals surface area contributed by atoms with E-state index in [1.165, 1.54) is 11.1 Å². The van der Waals surface area contributed by atoms with E-state index in [2.05, 4.69) is 42.9 Å². The smallest absolute Gasteiger partial charge is 0.0222 e. The predicted molar refractivity (Wildman–Crippen MR) is 82.4 cm³/mol. The molecule has 0 unspecified atom stereocenters. The average Bonchev–Trinajstić information content (AvgIpc) is 2.34. The zero-order valence-corrected chi connectivity index (χ0v) is 11.3. The lowest BCUT2D eigenvalue weighted by Gasteiger charge is -2.13. The third kappa shape index (κ3) is 3.55. The van der Waals surface area contributed by atoms with E-state index in [0.29, 0.717) is 0 Å². The van der Waals surface area contributed by atoms with Crippen molar-refractivity contribution < 1.29 is 0 Å². The molecule has 0 amide bonds. The van der Waals surface area contributed by atoms with Crippen molar-refractivity contribution in [1.82, 2.24) is 0 Å². The third-order valence-electron chi connectivity index (χ3n) is 2.92. The summed E-state index contributed by atoms with van der Waals surface area (Å²) < 4.78 is 0. The van der Waals surface area contributed by atoms with Crippen LogP contribution in [0.15, 0.2) is 47.6 Å². The lowest BCUT2D eigenvalue weighted by atomic mass is 9.95. The third-order valence-corrected chi connectivity index (χ3v) is 3.78. The topological polar surface area (TPSA) is 0 Å². The number of allylic oxidation sites excluding steroid dienone is 8. The molecule has 0 heterocycles. The predicted octanol–water partition coefficient (Wildman–Crippen LogP) is 4.48. The summed E-state index contributed by atoms with van der Waals surface area (Å²) in [4.78, 5) is 2.15. The standard InChI is InChI=1S/C15H15S2/c16-14-10-3-1-6-12(14)8-5-9-13-7-2-4-11-15(13)17/h1-7H,8-11H2. The monoisotopic (exact) mass is 259 g/mol. The summed E-state index contributed by atoms with van der Waals surface area (Å²) in [6.45, 7) is 0. The molecular weight excluding hydrogens is 244 g/mol. The van der Waals surface area contributed by atoms with Gasteiger partial charge in [-0.1, -0.05) is 60.9 Å². The number of hydrogen-bond donors (Lipinski definition) is 0. The molecule has 0 saturated heterocycles. The van der Waals surface area contributed by atoms with Crippen molar-refractivity contribution in [1.29, 1.82) is 0 Å². The first-order valence-corrected chi connectivity index (χ1v) is 6.68. The molecule has 2 rings (SSSR count). The second-order valence-electron chi connectivity index (χ2n) is 4.19. The highest BCUT2D eigenvalue weighted by Crippen LogP contribution is 2.20. The lowest BCUT2D eigenvalue weighted by molar-refractivity contribution is 1.05. The molecule has 2 aliphatic carbocycles. The molecule has 0 spiro atoms. The van der Waals surface area contributed by atoms with Crippen LogP contribution < -0.4 is 0 Å². The van der Waals surface area contributed by atoms with E-state index >= 15 is 0 Å². The van der Waals surface area contributed by atoms with Crippen molar-refractivity contribution in [2.45, 2.75) is 25.7 Å². The zero-order valence-electron chi connectivity index (χ0n) is 9.69. The molecule has 0 aromatic carbocycles. The Morgan fingerprint density at radius 1 is 0.882 bits per heavy atom. The van der Waals surface area contributed by atoms with Crippen LogP contribution in [0, 0.1) is 6.42 Å². The Hall–Kier alpha value is -0.860. The molecule has 0 aromatic heterocycles. The van der Waals surface area contributed by atoms with Crippen LogP contribution in [0.3, 0.4) is 0 Å². The van der Waals surface area contributed by atoms with E-state index in [9.17, 15) is 0 Å². The minimum atomic E-state index is 0.916. The molecule has 2 heteroatoms. The molecule has 0 aliphatic heterocycles. The average molecular weight is 259 g/mol. The van der Waals surface area contributed by atoms with Crippen LogP contribution in [-0.4, -0.2) is 9.73 Å². The van der Waals surface area contributed by atoms with E-state index in [1.54, 1.807) is 0 Å². The maximum atomic E-state index is 5.33. The highest BCUT2D eigenvalue weighted by atomic mass is 32.1. The van der Waals surface area contributed by atoms with E-state index in [1.807, 2.05) is 0 Å². The van der Waals surface area contributed by atoms with Crippen molar-refractivity contribution in [2.24, 2.45) is 0 Å². The molecule has 0 nitrogen and oxygen atoms in total. The van der Waals surface area contributed by atoms with Crippen molar-refractivity contribution in [3.63, 3.8) is 0 Å². The first kappa shape index (κ1) is 12.6. The normalized spacial score (nSPS) is 19.3. The van der Waals surface area contributed by atoms with Crippen LogP contribution in [0.1, 0.15) is 25.7 Å². The SMILES string of the molecule is S=C1CC=CC=C1C[CH]CC1=CC=CCC1=S. The molecule has 0 atom stereocenters. The van der Waals surface area contributed by atoms with Crippen LogP contribution in [0.5, 0.6) is 0 Å². The van der Waals surface area contributed by atoms with Crippen molar-refractivity contribution in [2.75, 3.05) is 0 Å². The van der Waals surface area contributed by atoms with E-state index in [4.69, 9.17) is 24.4 Å². The maximum Gasteiger partial charge on any atom is 0.0222 e. The molecule has 0 saturated carbocycles. The van der Waals surface area contributed by atoms with Gasteiger partial charge in [0.1, 0.15) is 0 Å². The summed E-state index contributed by atoms with van der Waals surface area (Å²) >= 11 is 10.7. The summed E-state index contributed by atoms with van der Waals surface area (Å²) in [6, 6.07) is 0. The Labute approximate surface area is 114 Å². The van der Waals surface area contributed by atoms with Crippen LogP contribution in [0.2, 0.25) is 0 Å². The number of hydrogen-bond acceptors (Lipinski definition) is 2. The highest BCUT2D eigenvalue weighted by molar-refractivity contribution is 7.81. The summed E-state index contributed by atoms with van der Waals surface area (Å²) in [5.74, 6) is 0. The molecule has 0 bridgehead atoms. The lowest BCUT2D eigenvalue weighted by Crippen LogP contribution is -2.04. The first-order chi connectivity index (χ1) is 8.27. The maximum absolute atomic E-state index is 5.33. The Morgan fingerprint density at radius 2 is 1.35 bits per heavy atom. The van der Waals surface area contributed by atoms with E-state index in [-0.39, 0.29) is 0 Å². The largest absolute Gasteiger partial charge is 0.0843 e. The minimum absolute atomic E-state index is 0.916. The number of rotatable bonds is 4. The highest BCUT2D eigenvalue weighted by Gasteiger charge is 2.09. The van der Waals surface area contributed by atoms with Crippen LogP contribution in [0.4, 0.5) is 0 Å². The molecule has 87 valence electrons. The Kier molecular flexibility index (Phi) is 4.57. The van der Waals surface area contributed by atoms with Crippen LogP contribution in [-0.2, 0) is 0 Å². The van der Waals surface area contributed by atoms with Gasteiger partial charge in [0.25, 0.3) is 0 Å². The first-order valence-electron chi connectivity index (χ1n) is 5.87. The summed E-state index contributed by atoms with van der Waals surface area (Å²) in [7, 11) is 0. The Bertz CT molecular complexity index is 406. The molecule has 17 heavy (non-hydrogen) atoms. The van der Waals surface area contributed by atoms with Gasteiger partial charge in [0, 0.05) is 22.6 Å². The Balaban J connectivity index is 1.83. The quantitative estimate of drug-likeness (QED) is 0.683. The molecule has 2 aliphatic rings. The van der Waals surface area contributed by atoms with Gasteiger partial charge in [-0.3, -0.25) is 0 Å². The molecule has 0 N–H and O–H groups in total. The van der Waals surface area contributed by atoms with Gasteiger partial charge < -0.3 is 0 Å². The van der Waals surface area contributed by atoms with Gasteiger partial charge in [-0.2, -0.15) is 0 Å². The van der Waals surface area contributed by atoms with Crippen molar-refractivity contribution in [3.05, 3.63) is 54.0 Å². The molecular formula is C15H15S2. The van der Waals surface area contributed by atoms with Gasteiger partial charge >= 0.3 is 0 Å². The minimum Gasteiger partial charge on any atom is -0.0843 e. The van der Waals surface area contributed by atoms with Crippen LogP contribution in [0.25, 0.3) is 0 Å². The van der Waals surface area contributed by atoms with Gasteiger partial charge in [0.05, 0.1) is 0 Å². The second kappa shape index (κ2) is 6.18.